The number of hydrogen-bond acceptors (Lipinski definition) is 8. The maximum absolute atomic E-state index is 13.4. The highest BCUT2D eigenvalue weighted by Crippen LogP contribution is 2.59. The number of anilines is 3. The number of rotatable bonds is 5. The number of aromatic nitrogens is 6. The Hall–Kier alpha value is -4.66. The molecule has 7 rings (SSSR count). The van der Waals surface area contributed by atoms with Gasteiger partial charge < -0.3 is 25.0 Å². The monoisotopic (exact) mass is 566 g/mol. The molecule has 41 heavy (non-hydrogen) atoms. The predicted molar refractivity (Wildman–Crippen MR) is 143 cm³/mol. The highest BCUT2D eigenvalue weighted by atomic mass is 19.4. The molecule has 2 fully saturated rings. The SMILES string of the molecule is CN1CCC(n2cc(-c3ccc(NC(=O)Nc4cc(C5(C(F)(F)F)CC5)on4)c4nccn34)c3c(N)ncnc32)C1. The van der Waals surface area contributed by atoms with Crippen LogP contribution in [-0.4, -0.2) is 66.3 Å². The number of halogens is 3. The average Bonchev–Trinajstić information content (AvgIpc) is 3.33. The number of urea groups is 1. The average molecular weight is 567 g/mol. The van der Waals surface area contributed by atoms with Gasteiger partial charge in [0.05, 0.1) is 16.8 Å². The molecular formula is C26H25F3N10O2. The molecule has 0 bridgehead atoms. The fourth-order valence-corrected chi connectivity index (χ4v) is 5.68. The number of carbonyl (C=O) groups excluding carboxylic acids is 1. The zero-order valence-electron chi connectivity index (χ0n) is 21.8. The van der Waals surface area contributed by atoms with E-state index in [1.807, 2.05) is 16.7 Å². The Morgan fingerprint density at radius 2 is 2.00 bits per heavy atom. The van der Waals surface area contributed by atoms with Crippen molar-refractivity contribution in [2.24, 2.45) is 0 Å². The summed E-state index contributed by atoms with van der Waals surface area (Å²) >= 11 is 0. The van der Waals surface area contributed by atoms with E-state index in [1.54, 1.807) is 18.5 Å². The summed E-state index contributed by atoms with van der Waals surface area (Å²) in [6, 6.07) is 4.15. The van der Waals surface area contributed by atoms with Gasteiger partial charge in [-0.05, 0) is 45.0 Å². The van der Waals surface area contributed by atoms with Crippen molar-refractivity contribution in [2.45, 2.75) is 36.9 Å². The second kappa shape index (κ2) is 8.92. The smallest absolute Gasteiger partial charge is 0.383 e. The van der Waals surface area contributed by atoms with Crippen molar-refractivity contribution in [1.82, 2.24) is 34.0 Å². The Kier molecular flexibility index (Phi) is 5.51. The third-order valence-corrected chi connectivity index (χ3v) is 7.99. The molecule has 1 aliphatic carbocycles. The van der Waals surface area contributed by atoms with E-state index in [0.29, 0.717) is 17.2 Å². The van der Waals surface area contributed by atoms with Crippen molar-refractivity contribution in [3.8, 4) is 11.3 Å². The van der Waals surface area contributed by atoms with Gasteiger partial charge in [0.2, 0.25) is 0 Å². The minimum absolute atomic E-state index is 0.0737. The molecule has 2 amide bonds. The van der Waals surface area contributed by atoms with E-state index in [9.17, 15) is 18.0 Å². The van der Waals surface area contributed by atoms with Crippen molar-refractivity contribution in [3.63, 3.8) is 0 Å². The number of nitrogens with zero attached hydrogens (tertiary/aromatic N) is 7. The molecule has 1 unspecified atom stereocenters. The second-order valence-corrected chi connectivity index (χ2v) is 10.6. The molecule has 6 heterocycles. The molecule has 212 valence electrons. The maximum Gasteiger partial charge on any atom is 0.401 e. The molecule has 5 aromatic rings. The molecule has 12 nitrogen and oxygen atoms in total. The van der Waals surface area contributed by atoms with E-state index < -0.39 is 17.6 Å². The van der Waals surface area contributed by atoms with Crippen LogP contribution in [0.5, 0.6) is 0 Å². The van der Waals surface area contributed by atoms with Gasteiger partial charge in [-0.15, -0.1) is 0 Å². The molecule has 4 N–H and O–H groups in total. The molecule has 1 atom stereocenters. The molecule has 0 spiro atoms. The topological polar surface area (TPSA) is 144 Å². The van der Waals surface area contributed by atoms with E-state index in [0.717, 1.165) is 47.9 Å². The van der Waals surface area contributed by atoms with E-state index in [-0.39, 0.29) is 30.5 Å². The van der Waals surface area contributed by atoms with Gasteiger partial charge in [0.15, 0.2) is 17.2 Å². The third-order valence-electron chi connectivity index (χ3n) is 7.99. The van der Waals surface area contributed by atoms with E-state index >= 15 is 0 Å². The Labute approximate surface area is 230 Å². The number of likely N-dealkylation sites (N-methyl/N-ethyl adjacent to an activating group) is 1. The number of pyridine rings is 1. The standard InChI is InChI=1S/C26H25F3N10O2/c1-37-8-4-14(11-37)39-12-15(20-21(30)32-13-33-23(20)39)17-3-2-16(22-31-7-9-38(17)22)34-24(40)35-19-10-18(41-36-19)25(5-6-25)26(27,28)29/h2-3,7,9-10,12-14H,4-6,8,11H2,1H3,(H2,30,32,33)(H2,34,35,36,40). The molecule has 1 aliphatic heterocycles. The minimum Gasteiger partial charge on any atom is -0.383 e. The normalized spacial score (nSPS) is 18.8. The van der Waals surface area contributed by atoms with Crippen LogP contribution in [0.25, 0.3) is 27.9 Å². The number of fused-ring (bicyclic) bond motifs is 2. The molecule has 15 heteroatoms. The lowest BCUT2D eigenvalue weighted by atomic mass is 10.0. The molecule has 0 aromatic carbocycles. The summed E-state index contributed by atoms with van der Waals surface area (Å²) in [7, 11) is 2.08. The van der Waals surface area contributed by atoms with Crippen molar-refractivity contribution in [3.05, 3.63) is 48.9 Å². The number of hydrogen-bond donors (Lipinski definition) is 3. The summed E-state index contributed by atoms with van der Waals surface area (Å²) < 4.78 is 49.1. The first-order valence-corrected chi connectivity index (χ1v) is 13.0. The molecule has 1 saturated carbocycles. The van der Waals surface area contributed by atoms with Gasteiger partial charge in [0, 0.05) is 42.8 Å². The summed E-state index contributed by atoms with van der Waals surface area (Å²) in [4.78, 5) is 28.2. The van der Waals surface area contributed by atoms with Crippen LogP contribution in [0, 0.1) is 0 Å². The van der Waals surface area contributed by atoms with Crippen molar-refractivity contribution >= 4 is 40.0 Å². The highest BCUT2D eigenvalue weighted by Gasteiger charge is 2.66. The molecular weight excluding hydrogens is 541 g/mol. The quantitative estimate of drug-likeness (QED) is 0.283. The van der Waals surface area contributed by atoms with Crippen molar-refractivity contribution in [2.75, 3.05) is 36.5 Å². The van der Waals surface area contributed by atoms with Crippen LogP contribution in [-0.2, 0) is 5.41 Å². The van der Waals surface area contributed by atoms with E-state index in [1.165, 1.54) is 6.33 Å². The van der Waals surface area contributed by atoms with Crippen LogP contribution in [0.4, 0.5) is 35.3 Å². The summed E-state index contributed by atoms with van der Waals surface area (Å²) in [5.41, 5.74) is 7.46. The number of amides is 2. The van der Waals surface area contributed by atoms with E-state index in [2.05, 4.69) is 47.3 Å². The fourth-order valence-electron chi connectivity index (χ4n) is 5.68. The van der Waals surface area contributed by atoms with E-state index in [4.69, 9.17) is 10.3 Å². The lowest BCUT2D eigenvalue weighted by Crippen LogP contribution is -2.28. The summed E-state index contributed by atoms with van der Waals surface area (Å²) in [6.07, 6.45) is 3.23. The van der Waals surface area contributed by atoms with Gasteiger partial charge >= 0.3 is 12.2 Å². The van der Waals surface area contributed by atoms with Crippen LogP contribution in [0.3, 0.4) is 0 Å². The first-order valence-electron chi connectivity index (χ1n) is 13.0. The highest BCUT2D eigenvalue weighted by molar-refractivity contribution is 6.03. The first-order chi connectivity index (χ1) is 19.6. The number of nitrogen functional groups attached to an aromatic ring is 1. The van der Waals surface area contributed by atoms with Gasteiger partial charge in [-0.2, -0.15) is 13.2 Å². The minimum atomic E-state index is -4.45. The molecule has 2 aliphatic rings. The predicted octanol–water partition coefficient (Wildman–Crippen LogP) is 4.43. The largest absolute Gasteiger partial charge is 0.401 e. The van der Waals surface area contributed by atoms with Gasteiger partial charge in [-0.25, -0.2) is 19.7 Å². The van der Waals surface area contributed by atoms with Crippen LogP contribution < -0.4 is 16.4 Å². The van der Waals surface area contributed by atoms with Crippen LogP contribution in [0.2, 0.25) is 0 Å². The van der Waals surface area contributed by atoms with Crippen LogP contribution in [0.15, 0.2) is 47.6 Å². The zero-order chi connectivity index (χ0) is 28.5. The van der Waals surface area contributed by atoms with Gasteiger partial charge in [-0.3, -0.25) is 9.72 Å². The number of likely N-dealkylation sites (tertiary alicyclic amines) is 1. The van der Waals surface area contributed by atoms with Crippen molar-refractivity contribution < 1.29 is 22.5 Å². The molecule has 5 aromatic heterocycles. The zero-order valence-corrected chi connectivity index (χ0v) is 21.8. The van der Waals surface area contributed by atoms with Crippen molar-refractivity contribution in [1.29, 1.82) is 0 Å². The summed E-state index contributed by atoms with van der Waals surface area (Å²) in [5, 5.41) is 9.46. The maximum atomic E-state index is 13.4. The van der Waals surface area contributed by atoms with Gasteiger partial charge in [0.1, 0.15) is 23.2 Å². The number of carbonyl (C=O) groups is 1. The Bertz CT molecular complexity index is 1800. The van der Waals surface area contributed by atoms with Gasteiger partial charge in [-0.1, -0.05) is 5.16 Å². The lowest BCUT2D eigenvalue weighted by molar-refractivity contribution is -0.165. The third kappa shape index (κ3) is 4.06. The number of alkyl halides is 3. The summed E-state index contributed by atoms with van der Waals surface area (Å²) in [5.74, 6) is -0.0766. The number of nitrogens with two attached hydrogens (primary N) is 1. The van der Waals surface area contributed by atoms with Gasteiger partial charge in [0.25, 0.3) is 0 Å². The second-order valence-electron chi connectivity index (χ2n) is 10.6. The molecule has 0 radical (unpaired) electrons. The Balaban J connectivity index is 1.18. The summed E-state index contributed by atoms with van der Waals surface area (Å²) in [6.45, 7) is 1.86. The molecule has 1 saturated heterocycles. The first kappa shape index (κ1) is 25.3. The lowest BCUT2D eigenvalue weighted by Gasteiger charge is -2.15. The Morgan fingerprint density at radius 1 is 1.17 bits per heavy atom. The van der Waals surface area contributed by atoms with Crippen LogP contribution in [0.1, 0.15) is 31.1 Å². The number of nitrogens with one attached hydrogen (secondary N) is 2. The fraction of sp³-hybridized carbons (Fsp3) is 0.346. The number of imidazole rings is 1. The Morgan fingerprint density at radius 3 is 2.73 bits per heavy atom. The van der Waals surface area contributed by atoms with Crippen LogP contribution >= 0.6 is 0 Å².